The van der Waals surface area contributed by atoms with Gasteiger partial charge in [0.15, 0.2) is 5.69 Å². The third kappa shape index (κ3) is 3.90. The Kier molecular flexibility index (Phi) is 5.01. The zero-order chi connectivity index (χ0) is 21.3. The van der Waals surface area contributed by atoms with Gasteiger partial charge in [-0.2, -0.15) is 18.3 Å². The molecule has 0 radical (unpaired) electrons. The molecular weight excluding hydrogens is 403 g/mol. The Morgan fingerprint density at radius 2 is 1.79 bits per heavy atom. The van der Waals surface area contributed by atoms with Gasteiger partial charge in [-0.25, -0.2) is 13.5 Å². The largest absolute Gasteiger partial charge is 0.434 e. The second-order valence-electron chi connectivity index (χ2n) is 5.64. The van der Waals surface area contributed by atoms with Crippen LogP contribution in [0.3, 0.4) is 0 Å². The molecule has 1 N–H and O–H groups in total. The minimum Gasteiger partial charge on any atom is -0.319 e. The summed E-state index contributed by atoms with van der Waals surface area (Å²) in [5, 5.41) is 16.1. The van der Waals surface area contributed by atoms with E-state index in [-0.39, 0.29) is 4.68 Å². The van der Waals surface area contributed by atoms with E-state index in [2.05, 4.69) is 5.10 Å². The highest BCUT2D eigenvalue weighted by molar-refractivity contribution is 6.05. The molecule has 12 heteroatoms. The average molecular weight is 412 g/mol. The van der Waals surface area contributed by atoms with Crippen molar-refractivity contribution in [3.8, 4) is 5.69 Å². The molecule has 0 unspecified atom stereocenters. The summed E-state index contributed by atoms with van der Waals surface area (Å²) in [5.74, 6) is -3.55. The summed E-state index contributed by atoms with van der Waals surface area (Å²) in [6.07, 6.45) is -4.58. The number of nitrogens with zero attached hydrogens (tertiary/aromatic N) is 3. The van der Waals surface area contributed by atoms with Crippen molar-refractivity contribution in [2.45, 2.75) is 6.18 Å². The highest BCUT2D eigenvalue weighted by atomic mass is 19.4. The molecule has 2 aromatic carbocycles. The predicted octanol–water partition coefficient (Wildman–Crippen LogP) is 4.33. The number of benzene rings is 2. The Balaban J connectivity index is 2.06. The fourth-order valence-electron chi connectivity index (χ4n) is 2.51. The zero-order valence-electron chi connectivity index (χ0n) is 14.1. The van der Waals surface area contributed by atoms with Crippen molar-refractivity contribution < 1.29 is 31.7 Å². The highest BCUT2D eigenvalue weighted by Crippen LogP contribution is 2.34. The van der Waals surface area contributed by atoms with Crippen molar-refractivity contribution in [1.82, 2.24) is 9.78 Å². The number of non-ortho nitro benzene ring substituents is 1. The molecule has 1 aromatic heterocycles. The summed E-state index contributed by atoms with van der Waals surface area (Å²) in [6, 6.07) is 6.63. The Bertz CT molecular complexity index is 1110. The first-order chi connectivity index (χ1) is 13.6. The van der Waals surface area contributed by atoms with Crippen molar-refractivity contribution in [2.75, 3.05) is 5.32 Å². The molecule has 0 atom stereocenters. The quantitative estimate of drug-likeness (QED) is 0.392. The number of halogens is 5. The third-order valence-corrected chi connectivity index (χ3v) is 3.77. The van der Waals surface area contributed by atoms with Crippen molar-refractivity contribution in [1.29, 1.82) is 0 Å². The van der Waals surface area contributed by atoms with Gasteiger partial charge in [-0.1, -0.05) is 12.1 Å². The van der Waals surface area contributed by atoms with Crippen LogP contribution in [0.25, 0.3) is 5.69 Å². The van der Waals surface area contributed by atoms with Crippen LogP contribution in [-0.4, -0.2) is 20.6 Å². The van der Waals surface area contributed by atoms with Gasteiger partial charge in [0.25, 0.3) is 11.6 Å². The number of alkyl halides is 3. The number of rotatable bonds is 4. The van der Waals surface area contributed by atoms with Crippen LogP contribution >= 0.6 is 0 Å². The average Bonchev–Trinajstić information content (AvgIpc) is 3.09. The number of hydrogen-bond acceptors (Lipinski definition) is 4. The first-order valence-electron chi connectivity index (χ1n) is 7.75. The number of aromatic nitrogens is 2. The summed E-state index contributed by atoms with van der Waals surface area (Å²) in [7, 11) is 0. The van der Waals surface area contributed by atoms with Gasteiger partial charge in [-0.15, -0.1) is 0 Å². The number of nitro benzene ring substituents is 1. The molecule has 0 fully saturated rings. The number of amides is 1. The van der Waals surface area contributed by atoms with Crippen molar-refractivity contribution >= 4 is 17.3 Å². The van der Waals surface area contributed by atoms with Crippen molar-refractivity contribution in [3.05, 3.63) is 81.7 Å². The molecule has 150 valence electrons. The lowest BCUT2D eigenvalue weighted by Crippen LogP contribution is -2.21. The standard InChI is InChI=1S/C17H9F5N4O3/c18-11-6-5-9(26(28)29)7-13(11)24-16(27)10-8-23-25(15(10)17(20,21)22)14-4-2-1-3-12(14)19/h1-8H,(H,24,27). The molecule has 1 heterocycles. The normalized spacial score (nSPS) is 11.3. The summed E-state index contributed by atoms with van der Waals surface area (Å²) in [4.78, 5) is 22.3. The van der Waals surface area contributed by atoms with E-state index < -0.39 is 57.0 Å². The smallest absolute Gasteiger partial charge is 0.319 e. The molecule has 1 amide bonds. The maximum absolute atomic E-state index is 13.9. The zero-order valence-corrected chi connectivity index (χ0v) is 14.1. The number of nitro groups is 1. The van der Waals surface area contributed by atoms with E-state index in [0.29, 0.717) is 18.3 Å². The van der Waals surface area contributed by atoms with Gasteiger partial charge >= 0.3 is 6.18 Å². The molecule has 3 rings (SSSR count). The lowest BCUT2D eigenvalue weighted by molar-refractivity contribution is -0.384. The van der Waals surface area contributed by atoms with E-state index in [1.54, 1.807) is 0 Å². The molecule has 0 aliphatic heterocycles. The van der Waals surface area contributed by atoms with Gasteiger partial charge in [0.05, 0.1) is 22.4 Å². The number of para-hydroxylation sites is 1. The lowest BCUT2D eigenvalue weighted by Gasteiger charge is -2.13. The van der Waals surface area contributed by atoms with Gasteiger partial charge in [0.1, 0.15) is 17.3 Å². The van der Waals surface area contributed by atoms with Crippen molar-refractivity contribution in [2.24, 2.45) is 0 Å². The van der Waals surface area contributed by atoms with E-state index in [9.17, 15) is 36.9 Å². The van der Waals surface area contributed by atoms with E-state index in [0.717, 1.165) is 18.2 Å². The number of nitrogens with one attached hydrogen (secondary N) is 1. The molecule has 29 heavy (non-hydrogen) atoms. The Labute approximate surface area is 158 Å². The molecule has 0 saturated carbocycles. The lowest BCUT2D eigenvalue weighted by atomic mass is 10.2. The number of carbonyl (C=O) groups excluding carboxylic acids is 1. The fraction of sp³-hybridized carbons (Fsp3) is 0.0588. The van der Waals surface area contributed by atoms with Gasteiger partial charge < -0.3 is 5.32 Å². The van der Waals surface area contributed by atoms with Crippen LogP contribution in [0.4, 0.5) is 33.3 Å². The number of carbonyl (C=O) groups is 1. The molecule has 0 aliphatic rings. The van der Waals surface area contributed by atoms with E-state index in [4.69, 9.17) is 0 Å². The van der Waals surface area contributed by atoms with Crippen LogP contribution in [0.15, 0.2) is 48.7 Å². The minimum atomic E-state index is -5.12. The van der Waals surface area contributed by atoms with Gasteiger partial charge in [-0.05, 0) is 18.2 Å². The summed E-state index contributed by atoms with van der Waals surface area (Å²) >= 11 is 0. The topological polar surface area (TPSA) is 90.1 Å². The number of hydrogen-bond donors (Lipinski definition) is 1. The first kappa shape index (κ1) is 19.9. The molecule has 3 aromatic rings. The van der Waals surface area contributed by atoms with Crippen LogP contribution in [0.5, 0.6) is 0 Å². The summed E-state index contributed by atoms with van der Waals surface area (Å²) in [6.45, 7) is 0. The Morgan fingerprint density at radius 1 is 1.10 bits per heavy atom. The molecule has 0 aliphatic carbocycles. The molecule has 0 bridgehead atoms. The molecule has 0 saturated heterocycles. The Hall–Kier alpha value is -3.83. The Morgan fingerprint density at radius 3 is 2.41 bits per heavy atom. The van der Waals surface area contributed by atoms with Crippen LogP contribution in [0, 0.1) is 21.7 Å². The van der Waals surface area contributed by atoms with Gasteiger partial charge in [0.2, 0.25) is 0 Å². The van der Waals surface area contributed by atoms with Crippen LogP contribution in [-0.2, 0) is 6.18 Å². The van der Waals surface area contributed by atoms with Crippen molar-refractivity contribution in [3.63, 3.8) is 0 Å². The second kappa shape index (κ2) is 7.30. The monoisotopic (exact) mass is 412 g/mol. The summed E-state index contributed by atoms with van der Waals surface area (Å²) < 4.78 is 68.7. The number of anilines is 1. The second-order valence-corrected chi connectivity index (χ2v) is 5.64. The van der Waals surface area contributed by atoms with Crippen LogP contribution in [0.2, 0.25) is 0 Å². The van der Waals surface area contributed by atoms with E-state index >= 15 is 0 Å². The van der Waals surface area contributed by atoms with Crippen LogP contribution < -0.4 is 5.32 Å². The molecule has 7 nitrogen and oxygen atoms in total. The summed E-state index contributed by atoms with van der Waals surface area (Å²) in [5.41, 5.74) is -4.45. The molecule has 0 spiro atoms. The minimum absolute atomic E-state index is 0.202. The van der Waals surface area contributed by atoms with E-state index in [1.165, 1.54) is 12.1 Å². The third-order valence-electron chi connectivity index (χ3n) is 3.77. The van der Waals surface area contributed by atoms with Gasteiger partial charge in [0, 0.05) is 12.1 Å². The fourth-order valence-corrected chi connectivity index (χ4v) is 2.51. The van der Waals surface area contributed by atoms with Crippen LogP contribution in [0.1, 0.15) is 16.1 Å². The molecular formula is C17H9F5N4O3. The van der Waals surface area contributed by atoms with Gasteiger partial charge in [-0.3, -0.25) is 14.9 Å². The maximum Gasteiger partial charge on any atom is 0.434 e. The highest BCUT2D eigenvalue weighted by Gasteiger charge is 2.41. The maximum atomic E-state index is 13.9. The van der Waals surface area contributed by atoms with E-state index in [1.807, 2.05) is 5.32 Å². The first-order valence-corrected chi connectivity index (χ1v) is 7.75. The SMILES string of the molecule is O=C(Nc1cc([N+](=O)[O-])ccc1F)c1cnn(-c2ccccc2F)c1C(F)(F)F. The predicted molar refractivity (Wildman–Crippen MR) is 89.5 cm³/mol.